The molecule has 2 N–H and O–H groups in total. The molecule has 34 heavy (non-hydrogen) atoms. The number of carbonyl (C=O) groups excluding carboxylic acids is 3. The minimum absolute atomic E-state index is 0.156. The number of carbonyl (C=O) groups is 3. The van der Waals surface area contributed by atoms with Gasteiger partial charge in [-0.15, -0.1) is 0 Å². The van der Waals surface area contributed by atoms with Gasteiger partial charge in [-0.25, -0.2) is 0 Å². The Morgan fingerprint density at radius 1 is 0.971 bits per heavy atom. The number of benzene rings is 3. The fourth-order valence-electron chi connectivity index (χ4n) is 3.50. The summed E-state index contributed by atoms with van der Waals surface area (Å²) in [6, 6.07) is 13.2. The molecule has 0 unspecified atom stereocenters. The lowest BCUT2D eigenvalue weighted by Gasteiger charge is -2.17. The van der Waals surface area contributed by atoms with E-state index in [4.69, 9.17) is 9.71 Å². The van der Waals surface area contributed by atoms with Crippen molar-refractivity contribution in [1.29, 1.82) is 0 Å². The number of rotatable bonds is 5. The summed E-state index contributed by atoms with van der Waals surface area (Å²) in [5, 5.41) is 20.2. The number of hydrogen-bond acceptors (Lipinski definition) is 8. The van der Waals surface area contributed by atoms with Gasteiger partial charge in [0, 0.05) is 11.1 Å². The van der Waals surface area contributed by atoms with E-state index in [1.807, 2.05) is 0 Å². The van der Waals surface area contributed by atoms with Gasteiger partial charge in [-0.3, -0.25) is 14.4 Å². The molecule has 0 aromatic heterocycles. The van der Waals surface area contributed by atoms with E-state index in [1.54, 1.807) is 18.2 Å². The lowest BCUT2D eigenvalue weighted by Crippen LogP contribution is -2.30. The monoisotopic (exact) mass is 478 g/mol. The standard InChI is InChI=1S/C23H14N2O8S/c24-25-15-11-17(27)19-13(21(15)29)7-4-8-18(19)34(31,32)33-23-14(9-10-16(26)22(23)30)20(28)12-5-2-1-3-6-12/h1-10,26,30H,11H2. The van der Waals surface area contributed by atoms with E-state index in [0.29, 0.717) is 0 Å². The van der Waals surface area contributed by atoms with Crippen LogP contribution >= 0.6 is 0 Å². The van der Waals surface area contributed by atoms with Crippen LogP contribution in [0.5, 0.6) is 17.2 Å². The number of aromatic hydroxyl groups is 2. The average Bonchev–Trinajstić information content (AvgIpc) is 2.84. The van der Waals surface area contributed by atoms with Crippen molar-refractivity contribution in [3.63, 3.8) is 0 Å². The fourth-order valence-corrected chi connectivity index (χ4v) is 4.69. The molecule has 11 heteroatoms. The summed E-state index contributed by atoms with van der Waals surface area (Å²) in [6.07, 6.45) is -0.635. The second-order valence-corrected chi connectivity index (χ2v) is 8.71. The van der Waals surface area contributed by atoms with Gasteiger partial charge in [0.2, 0.25) is 5.75 Å². The number of Topliss-reactive ketones (excluding diaryl/α,β-unsaturated/α-hetero) is 2. The first kappa shape index (κ1) is 22.6. The third-order valence-corrected chi connectivity index (χ3v) is 6.38. The van der Waals surface area contributed by atoms with Gasteiger partial charge < -0.3 is 19.9 Å². The van der Waals surface area contributed by atoms with Gasteiger partial charge in [-0.2, -0.15) is 13.2 Å². The minimum atomic E-state index is -4.91. The zero-order valence-electron chi connectivity index (χ0n) is 17.1. The van der Waals surface area contributed by atoms with Crippen molar-refractivity contribution in [2.75, 3.05) is 0 Å². The number of fused-ring (bicyclic) bond motifs is 1. The maximum absolute atomic E-state index is 13.2. The van der Waals surface area contributed by atoms with Crippen LogP contribution in [0, 0.1) is 0 Å². The molecule has 4 rings (SSSR count). The third-order valence-electron chi connectivity index (χ3n) is 5.11. The summed E-state index contributed by atoms with van der Waals surface area (Å²) in [5.41, 5.74) is 7.50. The van der Waals surface area contributed by atoms with E-state index in [9.17, 15) is 33.0 Å². The van der Waals surface area contributed by atoms with Gasteiger partial charge >= 0.3 is 15.8 Å². The molecule has 170 valence electrons. The van der Waals surface area contributed by atoms with E-state index in [2.05, 4.69) is 4.79 Å². The molecule has 0 saturated carbocycles. The number of nitrogens with zero attached hydrogens (tertiary/aromatic N) is 2. The van der Waals surface area contributed by atoms with E-state index in [0.717, 1.165) is 18.2 Å². The molecule has 0 amide bonds. The highest BCUT2D eigenvalue weighted by atomic mass is 32.2. The number of hydrogen-bond donors (Lipinski definition) is 2. The molecule has 0 bridgehead atoms. The van der Waals surface area contributed by atoms with E-state index in [-0.39, 0.29) is 16.7 Å². The van der Waals surface area contributed by atoms with Gasteiger partial charge in [-0.1, -0.05) is 36.4 Å². The Labute approximate surface area is 192 Å². The zero-order chi connectivity index (χ0) is 24.6. The first-order chi connectivity index (χ1) is 16.2. The van der Waals surface area contributed by atoms with Gasteiger partial charge in [0.05, 0.1) is 11.1 Å². The van der Waals surface area contributed by atoms with Crippen LogP contribution in [0.15, 0.2) is 65.6 Å². The van der Waals surface area contributed by atoms with Crippen LogP contribution in [0.2, 0.25) is 0 Å². The summed E-state index contributed by atoms with van der Waals surface area (Å²) in [4.78, 5) is 40.1. The molecule has 0 saturated heterocycles. The van der Waals surface area contributed by atoms with Crippen molar-refractivity contribution in [3.05, 3.63) is 88.4 Å². The van der Waals surface area contributed by atoms with Crippen molar-refractivity contribution in [1.82, 2.24) is 0 Å². The second kappa shape index (κ2) is 8.39. The molecule has 10 nitrogen and oxygen atoms in total. The molecule has 0 radical (unpaired) electrons. The van der Waals surface area contributed by atoms with Gasteiger partial charge in [0.15, 0.2) is 23.1 Å². The Hall–Kier alpha value is -4.60. The summed E-state index contributed by atoms with van der Waals surface area (Å²) in [5.74, 6) is -4.96. The smallest absolute Gasteiger partial charge is 0.347 e. The van der Waals surface area contributed by atoms with Crippen LogP contribution in [-0.4, -0.2) is 46.5 Å². The highest BCUT2D eigenvalue weighted by Crippen LogP contribution is 2.41. The van der Waals surface area contributed by atoms with Crippen LogP contribution in [0.25, 0.3) is 5.53 Å². The number of phenols is 2. The highest BCUT2D eigenvalue weighted by Gasteiger charge is 2.40. The van der Waals surface area contributed by atoms with Crippen LogP contribution in [-0.2, 0) is 10.1 Å². The lowest BCUT2D eigenvalue weighted by molar-refractivity contribution is -0.00892. The molecule has 0 fully saturated rings. The SMILES string of the molecule is [N-]=[N+]=C1CC(=O)c2c(cccc2S(=O)(=O)Oc2c(C(=O)c3ccccc3)ccc(O)c2O)C1=O. The topological polar surface area (TPSA) is 171 Å². The Bertz CT molecular complexity index is 1540. The lowest BCUT2D eigenvalue weighted by atomic mass is 9.88. The Kier molecular flexibility index (Phi) is 5.58. The van der Waals surface area contributed by atoms with Crippen molar-refractivity contribution >= 4 is 33.2 Å². The van der Waals surface area contributed by atoms with Crippen LogP contribution < -0.4 is 4.18 Å². The van der Waals surface area contributed by atoms with E-state index in [1.165, 1.54) is 24.3 Å². The highest BCUT2D eigenvalue weighted by molar-refractivity contribution is 7.87. The Balaban J connectivity index is 1.85. The van der Waals surface area contributed by atoms with E-state index >= 15 is 0 Å². The maximum atomic E-state index is 13.2. The molecule has 1 aliphatic rings. The van der Waals surface area contributed by atoms with Crippen molar-refractivity contribution < 1.29 is 42.0 Å². The summed E-state index contributed by atoms with van der Waals surface area (Å²) < 4.78 is 31.4. The number of phenolic OH excluding ortho intramolecular Hbond substituents is 2. The average molecular weight is 478 g/mol. The molecular weight excluding hydrogens is 464 g/mol. The third kappa shape index (κ3) is 3.75. The molecule has 1 aliphatic carbocycles. The fraction of sp³-hybridized carbons (Fsp3) is 0.0435. The van der Waals surface area contributed by atoms with Crippen LogP contribution in [0.4, 0.5) is 0 Å². The van der Waals surface area contributed by atoms with Crippen LogP contribution in [0.1, 0.15) is 43.1 Å². The molecule has 0 spiro atoms. The predicted molar refractivity (Wildman–Crippen MR) is 116 cm³/mol. The molecule has 0 heterocycles. The van der Waals surface area contributed by atoms with Crippen molar-refractivity contribution in [2.45, 2.75) is 11.3 Å². The summed E-state index contributed by atoms with van der Waals surface area (Å²) >= 11 is 0. The molecular formula is C23H14N2O8S. The maximum Gasteiger partial charge on any atom is 0.347 e. The van der Waals surface area contributed by atoms with Crippen molar-refractivity contribution in [3.8, 4) is 17.2 Å². The molecule has 0 atom stereocenters. The largest absolute Gasteiger partial charge is 0.504 e. The Morgan fingerprint density at radius 3 is 2.35 bits per heavy atom. The summed E-state index contributed by atoms with van der Waals surface area (Å²) in [6.45, 7) is 0. The first-order valence-electron chi connectivity index (χ1n) is 9.66. The predicted octanol–water partition coefficient (Wildman–Crippen LogP) is 2.54. The van der Waals surface area contributed by atoms with Crippen molar-refractivity contribution in [2.24, 2.45) is 0 Å². The zero-order valence-corrected chi connectivity index (χ0v) is 17.9. The quantitative estimate of drug-likeness (QED) is 0.185. The first-order valence-corrected chi connectivity index (χ1v) is 11.1. The molecule has 3 aromatic rings. The molecule has 0 aliphatic heterocycles. The van der Waals surface area contributed by atoms with E-state index < -0.39 is 67.3 Å². The van der Waals surface area contributed by atoms with Gasteiger partial charge in [-0.05, 0) is 24.3 Å². The van der Waals surface area contributed by atoms with Crippen LogP contribution in [0.3, 0.4) is 0 Å². The molecule has 3 aromatic carbocycles. The normalized spacial score (nSPS) is 13.2. The number of ketones is 3. The van der Waals surface area contributed by atoms with Gasteiger partial charge in [0.25, 0.3) is 5.78 Å². The minimum Gasteiger partial charge on any atom is -0.504 e. The summed E-state index contributed by atoms with van der Waals surface area (Å²) in [7, 11) is -4.91. The Morgan fingerprint density at radius 2 is 1.68 bits per heavy atom. The van der Waals surface area contributed by atoms with Gasteiger partial charge in [0.1, 0.15) is 11.3 Å². The second-order valence-electron chi connectivity index (χ2n) is 7.20.